The van der Waals surface area contributed by atoms with E-state index in [2.05, 4.69) is 27.1 Å². The number of anilines is 1. The van der Waals surface area contributed by atoms with Gasteiger partial charge in [0.15, 0.2) is 0 Å². The maximum Gasteiger partial charge on any atom is 0.255 e. The van der Waals surface area contributed by atoms with Gasteiger partial charge < -0.3 is 14.8 Å². The van der Waals surface area contributed by atoms with Crippen molar-refractivity contribution in [3.8, 4) is 0 Å². The van der Waals surface area contributed by atoms with Gasteiger partial charge in [0.1, 0.15) is 5.82 Å². The second-order valence-corrected chi connectivity index (χ2v) is 6.48. The highest BCUT2D eigenvalue weighted by Crippen LogP contribution is 2.24. The lowest BCUT2D eigenvalue weighted by atomic mass is 10.00. The molecule has 1 N–H and O–H groups in total. The Morgan fingerprint density at radius 1 is 1.42 bits per heavy atom. The fourth-order valence-electron chi connectivity index (χ4n) is 3.19. The van der Waals surface area contributed by atoms with Gasteiger partial charge in [0.25, 0.3) is 5.91 Å². The third kappa shape index (κ3) is 4.13. The Kier molecular flexibility index (Phi) is 5.46. The van der Waals surface area contributed by atoms with E-state index in [0.29, 0.717) is 18.0 Å². The Bertz CT molecular complexity index is 655. The standard InChI is InChI=1S/C18H25N5O/c1-15-5-3-11-23(13-15)17-16(6-2-7-20-17)18(24)21-8-4-10-22-12-9-19-14-22/h2,6-7,9,12,14-15H,3-5,8,10-11,13H2,1H3,(H,21,24). The van der Waals surface area contributed by atoms with Crippen molar-refractivity contribution in [2.45, 2.75) is 32.7 Å². The van der Waals surface area contributed by atoms with Gasteiger partial charge >= 0.3 is 0 Å². The highest BCUT2D eigenvalue weighted by molar-refractivity contribution is 5.98. The molecule has 1 amide bonds. The highest BCUT2D eigenvalue weighted by Gasteiger charge is 2.22. The topological polar surface area (TPSA) is 63.1 Å². The zero-order valence-corrected chi connectivity index (χ0v) is 14.2. The molecule has 0 aromatic carbocycles. The first-order valence-corrected chi connectivity index (χ1v) is 8.68. The fraction of sp³-hybridized carbons (Fsp3) is 0.500. The van der Waals surface area contributed by atoms with Gasteiger partial charge in [-0.3, -0.25) is 4.79 Å². The molecular formula is C18H25N5O. The van der Waals surface area contributed by atoms with Crippen LogP contribution in [0, 0.1) is 5.92 Å². The second kappa shape index (κ2) is 7.95. The van der Waals surface area contributed by atoms with Crippen LogP contribution in [0.2, 0.25) is 0 Å². The van der Waals surface area contributed by atoms with Crippen LogP contribution in [0.15, 0.2) is 37.1 Å². The summed E-state index contributed by atoms with van der Waals surface area (Å²) in [6.45, 7) is 5.69. The van der Waals surface area contributed by atoms with Gasteiger partial charge in [0, 0.05) is 44.8 Å². The van der Waals surface area contributed by atoms with E-state index in [-0.39, 0.29) is 5.91 Å². The Balaban J connectivity index is 1.58. The first-order chi connectivity index (χ1) is 11.7. The summed E-state index contributed by atoms with van der Waals surface area (Å²) in [5.74, 6) is 1.42. The summed E-state index contributed by atoms with van der Waals surface area (Å²) in [7, 11) is 0. The summed E-state index contributed by atoms with van der Waals surface area (Å²) in [5.41, 5.74) is 0.675. The van der Waals surface area contributed by atoms with Crippen molar-refractivity contribution in [1.29, 1.82) is 0 Å². The highest BCUT2D eigenvalue weighted by atomic mass is 16.1. The number of carbonyl (C=O) groups excluding carboxylic acids is 1. The summed E-state index contributed by atoms with van der Waals surface area (Å²) < 4.78 is 2.01. The van der Waals surface area contributed by atoms with Crippen LogP contribution in [-0.2, 0) is 6.54 Å². The minimum absolute atomic E-state index is 0.0399. The monoisotopic (exact) mass is 327 g/mol. The zero-order valence-electron chi connectivity index (χ0n) is 14.2. The normalized spacial score (nSPS) is 17.7. The van der Waals surface area contributed by atoms with E-state index in [9.17, 15) is 4.79 Å². The first kappa shape index (κ1) is 16.5. The molecule has 1 aliphatic rings. The molecule has 6 heteroatoms. The van der Waals surface area contributed by atoms with Crippen LogP contribution in [0.5, 0.6) is 0 Å². The van der Waals surface area contributed by atoms with E-state index in [0.717, 1.165) is 38.3 Å². The molecule has 24 heavy (non-hydrogen) atoms. The van der Waals surface area contributed by atoms with E-state index in [4.69, 9.17) is 0 Å². The summed E-state index contributed by atoms with van der Waals surface area (Å²) >= 11 is 0. The molecule has 1 unspecified atom stereocenters. The lowest BCUT2D eigenvalue weighted by Crippen LogP contribution is -2.37. The number of aryl methyl sites for hydroxylation is 1. The third-order valence-electron chi connectivity index (χ3n) is 4.43. The van der Waals surface area contributed by atoms with Gasteiger partial charge in [-0.25, -0.2) is 9.97 Å². The van der Waals surface area contributed by atoms with E-state index < -0.39 is 0 Å². The summed E-state index contributed by atoms with van der Waals surface area (Å²) in [6.07, 6.45) is 10.5. The minimum Gasteiger partial charge on any atom is -0.356 e. The summed E-state index contributed by atoms with van der Waals surface area (Å²) in [4.78, 5) is 23.3. The number of hydrogen-bond donors (Lipinski definition) is 1. The lowest BCUT2D eigenvalue weighted by Gasteiger charge is -2.32. The van der Waals surface area contributed by atoms with Crippen LogP contribution in [0.25, 0.3) is 0 Å². The van der Waals surface area contributed by atoms with Crippen molar-refractivity contribution in [1.82, 2.24) is 19.9 Å². The molecule has 3 rings (SSSR count). The quantitative estimate of drug-likeness (QED) is 0.827. The molecule has 0 radical (unpaired) electrons. The smallest absolute Gasteiger partial charge is 0.255 e. The average Bonchev–Trinajstić information content (AvgIpc) is 3.12. The summed E-state index contributed by atoms with van der Waals surface area (Å²) in [6, 6.07) is 3.70. The Morgan fingerprint density at radius 3 is 3.12 bits per heavy atom. The van der Waals surface area contributed by atoms with E-state index >= 15 is 0 Å². The predicted molar refractivity (Wildman–Crippen MR) is 94.0 cm³/mol. The molecule has 1 fully saturated rings. The van der Waals surface area contributed by atoms with Crippen LogP contribution >= 0.6 is 0 Å². The molecule has 0 aliphatic carbocycles. The van der Waals surface area contributed by atoms with Gasteiger partial charge in [0.05, 0.1) is 11.9 Å². The molecule has 3 heterocycles. The molecule has 0 saturated carbocycles. The predicted octanol–water partition coefficient (Wildman–Crippen LogP) is 2.33. The number of nitrogens with one attached hydrogen (secondary N) is 1. The number of carbonyl (C=O) groups is 1. The van der Waals surface area contributed by atoms with Crippen LogP contribution in [-0.4, -0.2) is 40.1 Å². The first-order valence-electron chi connectivity index (χ1n) is 8.68. The third-order valence-corrected chi connectivity index (χ3v) is 4.43. The number of aromatic nitrogens is 3. The van der Waals surface area contributed by atoms with Crippen LogP contribution in [0.1, 0.15) is 36.5 Å². The van der Waals surface area contributed by atoms with Crippen LogP contribution in [0.4, 0.5) is 5.82 Å². The van der Waals surface area contributed by atoms with Gasteiger partial charge in [0.2, 0.25) is 0 Å². The van der Waals surface area contributed by atoms with Gasteiger partial charge in [-0.2, -0.15) is 0 Å². The summed E-state index contributed by atoms with van der Waals surface area (Å²) in [5, 5.41) is 3.01. The number of piperidine rings is 1. The van der Waals surface area contributed by atoms with E-state index in [1.165, 1.54) is 6.42 Å². The Hall–Kier alpha value is -2.37. The SMILES string of the molecule is CC1CCCN(c2ncccc2C(=O)NCCCn2ccnc2)C1. The van der Waals surface area contributed by atoms with Crippen molar-refractivity contribution in [3.05, 3.63) is 42.6 Å². The number of amides is 1. The van der Waals surface area contributed by atoms with Gasteiger partial charge in [-0.15, -0.1) is 0 Å². The largest absolute Gasteiger partial charge is 0.356 e. The Morgan fingerprint density at radius 2 is 2.33 bits per heavy atom. The second-order valence-electron chi connectivity index (χ2n) is 6.48. The van der Waals surface area contributed by atoms with Crippen molar-refractivity contribution >= 4 is 11.7 Å². The zero-order chi connectivity index (χ0) is 16.8. The number of pyridine rings is 1. The molecule has 2 aromatic heterocycles. The number of hydrogen-bond acceptors (Lipinski definition) is 4. The lowest BCUT2D eigenvalue weighted by molar-refractivity contribution is 0.0952. The van der Waals surface area contributed by atoms with Crippen molar-refractivity contribution in [3.63, 3.8) is 0 Å². The van der Waals surface area contributed by atoms with Crippen LogP contribution in [0.3, 0.4) is 0 Å². The van der Waals surface area contributed by atoms with Crippen LogP contribution < -0.4 is 10.2 Å². The number of nitrogens with zero attached hydrogens (tertiary/aromatic N) is 4. The molecule has 6 nitrogen and oxygen atoms in total. The molecule has 0 spiro atoms. The van der Waals surface area contributed by atoms with Gasteiger partial charge in [-0.05, 0) is 37.3 Å². The molecule has 128 valence electrons. The number of rotatable bonds is 6. The molecule has 1 saturated heterocycles. The molecule has 0 bridgehead atoms. The Labute approximate surface area is 142 Å². The van der Waals surface area contributed by atoms with Gasteiger partial charge in [-0.1, -0.05) is 6.92 Å². The van der Waals surface area contributed by atoms with Crippen molar-refractivity contribution < 1.29 is 4.79 Å². The van der Waals surface area contributed by atoms with Crippen molar-refractivity contribution in [2.24, 2.45) is 5.92 Å². The molecule has 1 atom stereocenters. The van der Waals surface area contributed by atoms with E-state index in [1.54, 1.807) is 18.7 Å². The van der Waals surface area contributed by atoms with Crippen molar-refractivity contribution in [2.75, 3.05) is 24.5 Å². The number of imidazole rings is 1. The fourth-order valence-corrected chi connectivity index (χ4v) is 3.19. The maximum absolute atomic E-state index is 12.6. The van der Waals surface area contributed by atoms with E-state index in [1.807, 2.05) is 22.9 Å². The molecule has 2 aromatic rings. The molecular weight excluding hydrogens is 302 g/mol. The maximum atomic E-state index is 12.6. The average molecular weight is 327 g/mol. The molecule has 1 aliphatic heterocycles. The minimum atomic E-state index is -0.0399.